The molecule has 0 radical (unpaired) electrons. The Morgan fingerprint density at radius 1 is 1.25 bits per heavy atom. The van der Waals surface area contributed by atoms with Crippen LogP contribution < -0.4 is 0 Å². The third-order valence-electron chi connectivity index (χ3n) is 2.68. The summed E-state index contributed by atoms with van der Waals surface area (Å²) in [6.45, 7) is -1.12. The van der Waals surface area contributed by atoms with Crippen LogP contribution in [0.1, 0.15) is 5.56 Å². The lowest BCUT2D eigenvalue weighted by atomic mass is 9.77. The average Bonchev–Trinajstić information content (AvgIpc) is 2.06. The van der Waals surface area contributed by atoms with Crippen molar-refractivity contribution in [2.24, 2.45) is 0 Å². The van der Waals surface area contributed by atoms with Gasteiger partial charge in [-0.1, -0.05) is 11.6 Å². The van der Waals surface area contributed by atoms with Crippen LogP contribution in [0.3, 0.4) is 0 Å². The maximum absolute atomic E-state index is 13.4. The Kier molecular flexibility index (Phi) is 2.62. The second kappa shape index (κ2) is 3.60. The summed E-state index contributed by atoms with van der Waals surface area (Å²) in [7, 11) is 0. The molecule has 1 aliphatic heterocycles. The topological polar surface area (TPSA) is 9.23 Å². The van der Waals surface area contributed by atoms with Gasteiger partial charge in [0.1, 0.15) is 11.2 Å². The molecule has 0 atom stereocenters. The van der Waals surface area contributed by atoms with Gasteiger partial charge in [0, 0.05) is 10.6 Å². The van der Waals surface area contributed by atoms with E-state index in [4.69, 9.17) is 11.6 Å². The van der Waals surface area contributed by atoms with Crippen molar-refractivity contribution in [3.63, 3.8) is 0 Å². The lowest BCUT2D eigenvalue weighted by Crippen LogP contribution is -2.57. The minimum atomic E-state index is -4.54. The predicted octanol–water partition coefficient (Wildman–Crippen LogP) is 3.31. The number of rotatable bonds is 1. The molecule has 0 unspecified atom stereocenters. The Labute approximate surface area is 94.0 Å². The molecule has 0 aliphatic carbocycles. The van der Waals surface area contributed by atoms with Crippen LogP contribution in [0.4, 0.5) is 17.6 Å². The Hall–Kier alpha value is -0.810. The van der Waals surface area contributed by atoms with Crippen LogP contribution >= 0.6 is 11.6 Å². The van der Waals surface area contributed by atoms with Crippen LogP contribution in [0.2, 0.25) is 5.02 Å². The van der Waals surface area contributed by atoms with Crippen molar-refractivity contribution < 1.29 is 22.3 Å². The molecule has 1 aromatic rings. The van der Waals surface area contributed by atoms with Crippen molar-refractivity contribution >= 4 is 11.6 Å². The fraction of sp³-hybridized carbons (Fsp3) is 0.400. The smallest absolute Gasteiger partial charge is 0.379 e. The van der Waals surface area contributed by atoms with Crippen molar-refractivity contribution in [1.82, 2.24) is 0 Å². The summed E-state index contributed by atoms with van der Waals surface area (Å²) in [6.07, 6.45) is -4.54. The van der Waals surface area contributed by atoms with Crippen LogP contribution in [-0.2, 0) is 10.2 Å². The zero-order chi connectivity index (χ0) is 12.0. The van der Waals surface area contributed by atoms with E-state index in [1.807, 2.05) is 0 Å². The summed E-state index contributed by atoms with van der Waals surface area (Å²) >= 11 is 5.58. The monoisotopic (exact) mass is 254 g/mol. The Balaban J connectivity index is 2.53. The molecule has 1 aliphatic rings. The van der Waals surface area contributed by atoms with Gasteiger partial charge >= 0.3 is 6.18 Å². The molecule has 0 bridgehead atoms. The van der Waals surface area contributed by atoms with Gasteiger partial charge in [-0.3, -0.25) is 0 Å². The molecule has 88 valence electrons. The number of benzene rings is 1. The Morgan fingerprint density at radius 3 is 2.31 bits per heavy atom. The molecular weight excluding hydrogens is 248 g/mol. The molecule has 0 amide bonds. The number of ether oxygens (including phenoxy) is 1. The highest BCUT2D eigenvalue weighted by atomic mass is 35.5. The van der Waals surface area contributed by atoms with Crippen LogP contribution in [0, 0.1) is 5.82 Å². The first kappa shape index (κ1) is 11.7. The zero-order valence-electron chi connectivity index (χ0n) is 7.94. The molecule has 1 heterocycles. The molecule has 16 heavy (non-hydrogen) atoms. The van der Waals surface area contributed by atoms with E-state index in [2.05, 4.69) is 4.74 Å². The molecule has 1 aromatic carbocycles. The summed E-state index contributed by atoms with van der Waals surface area (Å²) in [6, 6.07) is 3.15. The van der Waals surface area contributed by atoms with Gasteiger partial charge < -0.3 is 4.74 Å². The van der Waals surface area contributed by atoms with Crippen LogP contribution in [0.5, 0.6) is 0 Å². The normalized spacial score (nSPS) is 19.3. The quantitative estimate of drug-likeness (QED) is 0.699. The van der Waals surface area contributed by atoms with Gasteiger partial charge in [-0.25, -0.2) is 4.39 Å². The number of hydrogen-bond acceptors (Lipinski definition) is 1. The van der Waals surface area contributed by atoms with Crippen LogP contribution in [0.25, 0.3) is 0 Å². The summed E-state index contributed by atoms with van der Waals surface area (Å²) in [5.74, 6) is -0.912. The Bertz CT molecular complexity index is 412. The first-order chi connectivity index (χ1) is 7.37. The lowest BCUT2D eigenvalue weighted by molar-refractivity contribution is -0.263. The second-order valence-corrected chi connectivity index (χ2v) is 4.13. The van der Waals surface area contributed by atoms with Crippen molar-refractivity contribution in [2.75, 3.05) is 13.2 Å². The summed E-state index contributed by atoms with van der Waals surface area (Å²) < 4.78 is 56.6. The molecular formula is C10H7ClF4O. The van der Waals surface area contributed by atoms with Crippen molar-refractivity contribution in [2.45, 2.75) is 11.6 Å². The van der Waals surface area contributed by atoms with Gasteiger partial charge in [-0.2, -0.15) is 13.2 Å². The SMILES string of the molecule is Fc1ccc(Cl)cc1C1(C(F)(F)F)COC1. The van der Waals surface area contributed by atoms with E-state index in [0.29, 0.717) is 0 Å². The number of hydrogen-bond donors (Lipinski definition) is 0. The van der Waals surface area contributed by atoms with E-state index in [9.17, 15) is 17.6 Å². The van der Waals surface area contributed by atoms with E-state index in [-0.39, 0.29) is 5.02 Å². The van der Waals surface area contributed by atoms with Gasteiger partial charge in [-0.05, 0) is 18.2 Å². The summed E-state index contributed by atoms with van der Waals surface area (Å²) in [5.41, 5.74) is -2.69. The third-order valence-corrected chi connectivity index (χ3v) is 2.92. The van der Waals surface area contributed by atoms with E-state index < -0.39 is 36.2 Å². The zero-order valence-corrected chi connectivity index (χ0v) is 8.70. The maximum Gasteiger partial charge on any atom is 0.402 e. The van der Waals surface area contributed by atoms with E-state index in [1.165, 1.54) is 6.07 Å². The van der Waals surface area contributed by atoms with E-state index >= 15 is 0 Å². The van der Waals surface area contributed by atoms with Crippen molar-refractivity contribution in [3.05, 3.63) is 34.6 Å². The van der Waals surface area contributed by atoms with Gasteiger partial charge in [0.25, 0.3) is 0 Å². The fourth-order valence-corrected chi connectivity index (χ4v) is 1.81. The summed E-state index contributed by atoms with van der Waals surface area (Å²) in [4.78, 5) is 0. The fourth-order valence-electron chi connectivity index (χ4n) is 1.64. The van der Waals surface area contributed by atoms with Gasteiger partial charge in [0.2, 0.25) is 0 Å². The van der Waals surface area contributed by atoms with Crippen molar-refractivity contribution in [3.8, 4) is 0 Å². The predicted molar refractivity (Wildman–Crippen MR) is 50.0 cm³/mol. The van der Waals surface area contributed by atoms with E-state index in [0.717, 1.165) is 12.1 Å². The molecule has 0 aromatic heterocycles. The molecule has 1 saturated heterocycles. The van der Waals surface area contributed by atoms with Crippen LogP contribution in [0.15, 0.2) is 18.2 Å². The molecule has 1 fully saturated rings. The average molecular weight is 255 g/mol. The first-order valence-electron chi connectivity index (χ1n) is 4.47. The Morgan fingerprint density at radius 2 is 1.88 bits per heavy atom. The van der Waals surface area contributed by atoms with Crippen LogP contribution in [-0.4, -0.2) is 19.4 Å². The molecule has 2 rings (SSSR count). The highest BCUT2D eigenvalue weighted by Crippen LogP contribution is 2.47. The van der Waals surface area contributed by atoms with Gasteiger partial charge in [-0.15, -0.1) is 0 Å². The number of alkyl halides is 3. The molecule has 0 N–H and O–H groups in total. The number of halogens is 5. The highest BCUT2D eigenvalue weighted by Gasteiger charge is 2.62. The largest absolute Gasteiger partial charge is 0.402 e. The standard InChI is InChI=1S/C10H7ClF4O/c11-6-1-2-8(12)7(3-6)9(4-16-5-9)10(13,14)15/h1-3H,4-5H2. The van der Waals surface area contributed by atoms with E-state index in [1.54, 1.807) is 0 Å². The lowest BCUT2D eigenvalue weighted by Gasteiger charge is -2.43. The second-order valence-electron chi connectivity index (χ2n) is 3.70. The maximum atomic E-state index is 13.4. The minimum Gasteiger partial charge on any atom is -0.379 e. The van der Waals surface area contributed by atoms with Gasteiger partial charge in [0.15, 0.2) is 0 Å². The van der Waals surface area contributed by atoms with Gasteiger partial charge in [0.05, 0.1) is 13.2 Å². The highest BCUT2D eigenvalue weighted by molar-refractivity contribution is 6.30. The first-order valence-corrected chi connectivity index (χ1v) is 4.85. The molecule has 0 saturated carbocycles. The molecule has 0 spiro atoms. The van der Waals surface area contributed by atoms with Crippen molar-refractivity contribution in [1.29, 1.82) is 0 Å². The molecule has 6 heteroatoms. The minimum absolute atomic E-state index is 0.0759. The third kappa shape index (κ3) is 1.58. The summed E-state index contributed by atoms with van der Waals surface area (Å²) in [5, 5.41) is 0.0759. The molecule has 1 nitrogen and oxygen atoms in total.